The molecule has 1 aliphatic heterocycles. The minimum Gasteiger partial charge on any atom is -0.384 e. The quantitative estimate of drug-likeness (QED) is 0.701. The van der Waals surface area contributed by atoms with E-state index in [2.05, 4.69) is 24.8 Å². The summed E-state index contributed by atoms with van der Waals surface area (Å²) in [5.74, 6) is 1.41. The zero-order chi connectivity index (χ0) is 19.0. The van der Waals surface area contributed by atoms with Gasteiger partial charge < -0.3 is 20.5 Å². The van der Waals surface area contributed by atoms with Gasteiger partial charge in [0.1, 0.15) is 11.1 Å². The van der Waals surface area contributed by atoms with Gasteiger partial charge in [0.05, 0.1) is 30.0 Å². The number of pyridine rings is 1. The highest BCUT2D eigenvalue weighted by Gasteiger charge is 2.23. The third-order valence-electron chi connectivity index (χ3n) is 4.39. The van der Waals surface area contributed by atoms with Gasteiger partial charge in [-0.15, -0.1) is 0 Å². The van der Waals surface area contributed by atoms with Gasteiger partial charge in [-0.3, -0.25) is 0 Å². The van der Waals surface area contributed by atoms with Crippen LogP contribution in [0.15, 0.2) is 24.5 Å². The van der Waals surface area contributed by atoms with Crippen LogP contribution in [0.5, 0.6) is 0 Å². The Bertz CT molecular complexity index is 964. The van der Waals surface area contributed by atoms with Crippen molar-refractivity contribution >= 4 is 22.8 Å². The maximum absolute atomic E-state index is 10.3. The molecule has 4 rings (SSSR count). The van der Waals surface area contributed by atoms with Crippen molar-refractivity contribution in [2.75, 3.05) is 36.9 Å². The Hall–Kier alpha value is -2.91. The number of hydrogen-bond acceptors (Lipinski definition) is 9. The van der Waals surface area contributed by atoms with Gasteiger partial charge in [0.25, 0.3) is 0 Å². The van der Waals surface area contributed by atoms with Crippen molar-refractivity contribution in [2.45, 2.75) is 19.4 Å². The van der Waals surface area contributed by atoms with Crippen molar-refractivity contribution in [1.29, 1.82) is 0 Å². The van der Waals surface area contributed by atoms with Crippen molar-refractivity contribution in [3.05, 3.63) is 30.2 Å². The van der Waals surface area contributed by atoms with E-state index in [0.29, 0.717) is 60.2 Å². The monoisotopic (exact) mass is 367 g/mol. The smallest absolute Gasteiger partial charge is 0.219 e. The Balaban J connectivity index is 1.90. The number of hydrogen-bond donors (Lipinski definition) is 2. The van der Waals surface area contributed by atoms with Gasteiger partial charge in [0, 0.05) is 25.5 Å². The van der Waals surface area contributed by atoms with E-state index in [1.54, 1.807) is 32.3 Å². The van der Waals surface area contributed by atoms with E-state index in [9.17, 15) is 5.11 Å². The first-order chi connectivity index (χ1) is 12.9. The number of ether oxygens (including phenoxy) is 1. The predicted molar refractivity (Wildman–Crippen MR) is 101 cm³/mol. The molecule has 0 aliphatic carbocycles. The molecule has 3 aromatic heterocycles. The minimum atomic E-state index is -1.06. The van der Waals surface area contributed by atoms with E-state index in [1.807, 2.05) is 6.07 Å². The Morgan fingerprint density at radius 2 is 1.78 bits per heavy atom. The molecule has 140 valence electrons. The summed E-state index contributed by atoms with van der Waals surface area (Å²) >= 11 is 0. The number of nitrogens with two attached hydrogens (primary N) is 1. The molecule has 0 bridgehead atoms. The van der Waals surface area contributed by atoms with Gasteiger partial charge in [0.15, 0.2) is 11.6 Å². The van der Waals surface area contributed by atoms with Crippen molar-refractivity contribution in [3.8, 4) is 11.4 Å². The van der Waals surface area contributed by atoms with Crippen LogP contribution < -0.4 is 10.6 Å². The third kappa shape index (κ3) is 3.51. The van der Waals surface area contributed by atoms with Crippen LogP contribution in [-0.4, -0.2) is 56.3 Å². The topological polar surface area (TPSA) is 123 Å². The largest absolute Gasteiger partial charge is 0.384 e. The molecule has 1 fully saturated rings. The summed E-state index contributed by atoms with van der Waals surface area (Å²) in [5.41, 5.74) is 7.10. The highest BCUT2D eigenvalue weighted by Crippen LogP contribution is 2.29. The lowest BCUT2D eigenvalue weighted by Gasteiger charge is -2.29. The Morgan fingerprint density at radius 3 is 2.44 bits per heavy atom. The van der Waals surface area contributed by atoms with E-state index < -0.39 is 5.60 Å². The average Bonchev–Trinajstić information content (AvgIpc) is 2.67. The summed E-state index contributed by atoms with van der Waals surface area (Å²) in [5, 5.41) is 10.3. The van der Waals surface area contributed by atoms with Crippen LogP contribution >= 0.6 is 0 Å². The molecule has 0 amide bonds. The fourth-order valence-electron chi connectivity index (χ4n) is 2.92. The number of aliphatic hydroxyl groups is 1. The molecule has 1 aliphatic rings. The van der Waals surface area contributed by atoms with E-state index >= 15 is 0 Å². The van der Waals surface area contributed by atoms with Crippen molar-refractivity contribution in [1.82, 2.24) is 24.9 Å². The number of rotatable bonds is 3. The molecule has 0 saturated carbocycles. The van der Waals surface area contributed by atoms with Gasteiger partial charge in [0.2, 0.25) is 5.95 Å². The molecule has 3 N–H and O–H groups in total. The van der Waals surface area contributed by atoms with Crippen LogP contribution in [0.25, 0.3) is 22.4 Å². The van der Waals surface area contributed by atoms with E-state index in [4.69, 9.17) is 15.5 Å². The molecular weight excluding hydrogens is 346 g/mol. The molecule has 0 spiro atoms. The first kappa shape index (κ1) is 17.5. The molecule has 0 aromatic carbocycles. The van der Waals surface area contributed by atoms with Crippen LogP contribution in [-0.2, 0) is 10.3 Å². The van der Waals surface area contributed by atoms with Gasteiger partial charge >= 0.3 is 0 Å². The van der Waals surface area contributed by atoms with Crippen molar-refractivity contribution in [3.63, 3.8) is 0 Å². The van der Waals surface area contributed by atoms with Crippen molar-refractivity contribution < 1.29 is 9.84 Å². The lowest BCUT2D eigenvalue weighted by atomic mass is 10.0. The summed E-state index contributed by atoms with van der Waals surface area (Å²) in [6.07, 6.45) is 3.20. The SMILES string of the molecule is CC(C)(O)c1ccc2nc(-c3cnc(N)nc3)nc(N3CCOCC3)c2n1. The second-order valence-electron chi connectivity index (χ2n) is 6.92. The average molecular weight is 367 g/mol. The van der Waals surface area contributed by atoms with Gasteiger partial charge in [-0.1, -0.05) is 0 Å². The number of anilines is 2. The number of nitrogen functional groups attached to an aromatic ring is 1. The van der Waals surface area contributed by atoms with E-state index in [0.717, 1.165) is 0 Å². The molecule has 3 aromatic rings. The van der Waals surface area contributed by atoms with Crippen LogP contribution in [0.1, 0.15) is 19.5 Å². The normalized spacial score (nSPS) is 15.3. The maximum Gasteiger partial charge on any atom is 0.219 e. The molecule has 0 unspecified atom stereocenters. The van der Waals surface area contributed by atoms with Gasteiger partial charge in [-0.05, 0) is 26.0 Å². The van der Waals surface area contributed by atoms with Gasteiger partial charge in [-0.2, -0.15) is 0 Å². The zero-order valence-electron chi connectivity index (χ0n) is 15.3. The lowest BCUT2D eigenvalue weighted by Crippen LogP contribution is -2.37. The Kier molecular flexibility index (Phi) is 4.33. The number of fused-ring (bicyclic) bond motifs is 1. The fourth-order valence-corrected chi connectivity index (χ4v) is 2.92. The highest BCUT2D eigenvalue weighted by molar-refractivity contribution is 5.87. The van der Waals surface area contributed by atoms with Crippen molar-refractivity contribution in [2.24, 2.45) is 0 Å². The highest BCUT2D eigenvalue weighted by atomic mass is 16.5. The van der Waals surface area contributed by atoms with Crippen LogP contribution in [0, 0.1) is 0 Å². The molecule has 9 heteroatoms. The molecular formula is C18H21N7O2. The zero-order valence-corrected chi connectivity index (χ0v) is 15.3. The van der Waals surface area contributed by atoms with Crippen LogP contribution in [0.4, 0.5) is 11.8 Å². The van der Waals surface area contributed by atoms with E-state index in [1.165, 1.54) is 0 Å². The number of nitrogens with zero attached hydrogens (tertiary/aromatic N) is 6. The predicted octanol–water partition coefficient (Wildman–Crippen LogP) is 1.13. The first-order valence-corrected chi connectivity index (χ1v) is 8.74. The molecule has 0 atom stereocenters. The van der Waals surface area contributed by atoms with Crippen LogP contribution in [0.2, 0.25) is 0 Å². The molecule has 27 heavy (non-hydrogen) atoms. The third-order valence-corrected chi connectivity index (χ3v) is 4.39. The number of morpholine rings is 1. The van der Waals surface area contributed by atoms with Gasteiger partial charge in [-0.25, -0.2) is 24.9 Å². The molecule has 0 radical (unpaired) electrons. The second kappa shape index (κ2) is 6.67. The Morgan fingerprint density at radius 1 is 1.07 bits per heavy atom. The Labute approximate surface area is 156 Å². The lowest BCUT2D eigenvalue weighted by molar-refractivity contribution is 0.0742. The number of aromatic nitrogens is 5. The van der Waals surface area contributed by atoms with Crippen LogP contribution in [0.3, 0.4) is 0 Å². The standard InChI is InChI=1S/C18H21N7O2/c1-18(2,26)13-4-3-12-14(23-13)16(25-5-7-27-8-6-25)24-15(22-12)11-9-20-17(19)21-10-11/h3-4,9-10,26H,5-8H2,1-2H3,(H2,19,20,21). The maximum atomic E-state index is 10.3. The molecule has 4 heterocycles. The van der Waals surface area contributed by atoms with E-state index in [-0.39, 0.29) is 5.95 Å². The fraction of sp³-hybridized carbons (Fsp3) is 0.389. The first-order valence-electron chi connectivity index (χ1n) is 8.74. The second-order valence-corrected chi connectivity index (χ2v) is 6.92. The summed E-state index contributed by atoms with van der Waals surface area (Å²) in [6, 6.07) is 3.63. The summed E-state index contributed by atoms with van der Waals surface area (Å²) in [6.45, 7) is 6.07. The summed E-state index contributed by atoms with van der Waals surface area (Å²) < 4.78 is 5.46. The summed E-state index contributed by atoms with van der Waals surface area (Å²) in [7, 11) is 0. The summed E-state index contributed by atoms with van der Waals surface area (Å²) in [4.78, 5) is 24.2. The molecule has 9 nitrogen and oxygen atoms in total. The minimum absolute atomic E-state index is 0.199. The molecule has 1 saturated heterocycles.